The Balaban J connectivity index is 1.69. The molecule has 3 rings (SSSR count). The van der Waals surface area contributed by atoms with Crippen molar-refractivity contribution in [2.24, 2.45) is 0 Å². The number of aliphatic hydroxyl groups excluding tert-OH is 2. The first kappa shape index (κ1) is 19.7. The van der Waals surface area contributed by atoms with Crippen molar-refractivity contribution in [3.8, 4) is 0 Å². The highest BCUT2D eigenvalue weighted by atomic mass is 19.1. The third kappa shape index (κ3) is 4.43. The Kier molecular flexibility index (Phi) is 6.64. The number of ether oxygens (including phenoxy) is 1. The van der Waals surface area contributed by atoms with Gasteiger partial charge in [-0.15, -0.1) is 0 Å². The first-order valence-corrected chi connectivity index (χ1v) is 9.63. The number of aliphatic hydroxyl groups is 2. The van der Waals surface area contributed by atoms with Gasteiger partial charge in [-0.25, -0.2) is 4.39 Å². The van der Waals surface area contributed by atoms with Crippen molar-refractivity contribution in [2.75, 3.05) is 39.4 Å². The molecule has 4 atom stereocenters. The summed E-state index contributed by atoms with van der Waals surface area (Å²) in [6.45, 7) is 9.82. The highest BCUT2D eigenvalue weighted by molar-refractivity contribution is 5.33. The minimum atomic E-state index is -1.16. The number of hydrogen-bond donors (Lipinski definition) is 2. The normalized spacial score (nSPS) is 31.3. The van der Waals surface area contributed by atoms with Crippen LogP contribution in [0.15, 0.2) is 18.2 Å². The molecule has 26 heavy (non-hydrogen) atoms. The van der Waals surface area contributed by atoms with Crippen molar-refractivity contribution < 1.29 is 19.3 Å². The highest BCUT2D eigenvalue weighted by Gasteiger charge is 2.37. The molecule has 0 amide bonds. The van der Waals surface area contributed by atoms with Crippen LogP contribution in [0.2, 0.25) is 0 Å². The molecule has 1 aromatic rings. The van der Waals surface area contributed by atoms with Crippen molar-refractivity contribution in [1.29, 1.82) is 0 Å². The summed E-state index contributed by atoms with van der Waals surface area (Å²) < 4.78 is 18.8. The maximum absolute atomic E-state index is 13.1. The zero-order chi connectivity index (χ0) is 18.7. The number of hydrogen-bond acceptors (Lipinski definition) is 5. The monoisotopic (exact) mass is 366 g/mol. The molecule has 0 aliphatic carbocycles. The van der Waals surface area contributed by atoms with Crippen LogP contribution in [0.4, 0.5) is 4.39 Å². The van der Waals surface area contributed by atoms with Crippen molar-refractivity contribution in [3.05, 3.63) is 34.9 Å². The summed E-state index contributed by atoms with van der Waals surface area (Å²) in [7, 11) is 0. The molecule has 0 saturated carbocycles. The van der Waals surface area contributed by atoms with Crippen molar-refractivity contribution in [3.63, 3.8) is 0 Å². The molecule has 0 radical (unpaired) electrons. The number of likely N-dealkylation sites (N-methyl/N-ethyl adjacent to an activating group) is 1. The molecule has 2 aliphatic heterocycles. The fourth-order valence-corrected chi connectivity index (χ4v) is 3.86. The molecular formula is C20H31FN2O3. The van der Waals surface area contributed by atoms with E-state index in [2.05, 4.69) is 35.8 Å². The van der Waals surface area contributed by atoms with Crippen molar-refractivity contribution in [1.82, 2.24) is 9.80 Å². The molecule has 2 N–H and O–H groups in total. The van der Waals surface area contributed by atoms with E-state index in [9.17, 15) is 14.6 Å². The number of alkyl halides is 1. The summed E-state index contributed by atoms with van der Waals surface area (Å²) in [6, 6.07) is 6.17. The third-order valence-electron chi connectivity index (χ3n) is 5.77. The van der Waals surface area contributed by atoms with Crippen LogP contribution in [0.1, 0.15) is 36.1 Å². The Bertz CT molecular complexity index is 592. The fraction of sp³-hybridized carbons (Fsp3) is 0.700. The van der Waals surface area contributed by atoms with Gasteiger partial charge in [0.2, 0.25) is 0 Å². The molecule has 0 spiro atoms. The SMILES string of the molecule is CCN1CCN(Cc2cc([C@H]3C[C@@H](O)[C@H](O)[C@@H](CF)O3)ccc2C)CC1. The molecule has 2 heterocycles. The number of benzene rings is 1. The zero-order valence-corrected chi connectivity index (χ0v) is 15.8. The van der Waals surface area contributed by atoms with E-state index in [4.69, 9.17) is 4.74 Å². The van der Waals surface area contributed by atoms with Crippen molar-refractivity contribution in [2.45, 2.75) is 51.2 Å². The van der Waals surface area contributed by atoms with Crippen LogP contribution in [-0.2, 0) is 11.3 Å². The fourth-order valence-electron chi connectivity index (χ4n) is 3.86. The minimum Gasteiger partial charge on any atom is -0.390 e. The van der Waals surface area contributed by atoms with Gasteiger partial charge in [0.05, 0.1) is 12.2 Å². The molecule has 0 unspecified atom stereocenters. The molecule has 1 aromatic carbocycles. The van der Waals surface area contributed by atoms with Gasteiger partial charge in [-0.1, -0.05) is 25.1 Å². The third-order valence-corrected chi connectivity index (χ3v) is 5.77. The average molecular weight is 366 g/mol. The van der Waals surface area contributed by atoms with Gasteiger partial charge in [0.25, 0.3) is 0 Å². The van der Waals surface area contributed by atoms with Crippen LogP contribution in [0, 0.1) is 6.92 Å². The Morgan fingerprint density at radius 2 is 1.85 bits per heavy atom. The summed E-state index contributed by atoms with van der Waals surface area (Å²) in [5.41, 5.74) is 3.42. The van der Waals surface area contributed by atoms with Gasteiger partial charge in [0, 0.05) is 39.1 Å². The van der Waals surface area contributed by atoms with E-state index in [1.165, 1.54) is 11.1 Å². The number of nitrogens with zero attached hydrogens (tertiary/aromatic N) is 2. The van der Waals surface area contributed by atoms with E-state index < -0.39 is 25.0 Å². The Labute approximate surface area is 155 Å². The largest absolute Gasteiger partial charge is 0.390 e. The smallest absolute Gasteiger partial charge is 0.118 e. The lowest BCUT2D eigenvalue weighted by molar-refractivity contribution is -0.174. The lowest BCUT2D eigenvalue weighted by Gasteiger charge is -2.37. The van der Waals surface area contributed by atoms with E-state index in [0.717, 1.165) is 44.8 Å². The molecule has 5 nitrogen and oxygen atoms in total. The summed E-state index contributed by atoms with van der Waals surface area (Å²) in [6.07, 6.45) is -3.17. The number of rotatable bonds is 5. The maximum Gasteiger partial charge on any atom is 0.118 e. The standard InChI is InChI=1S/C20H31FN2O3/c1-3-22-6-8-23(9-7-22)13-16-10-15(5-4-14(16)2)18-11-17(24)20(25)19(12-21)26-18/h4-5,10,17-20,24-25H,3,6-9,11-13H2,1-2H3/t17-,18-,19-,20+/m1/s1. The second-order valence-electron chi connectivity index (χ2n) is 7.51. The molecule has 6 heteroatoms. The van der Waals surface area contributed by atoms with E-state index >= 15 is 0 Å². The van der Waals surface area contributed by atoms with Crippen LogP contribution in [0.3, 0.4) is 0 Å². The maximum atomic E-state index is 13.1. The average Bonchev–Trinajstić information content (AvgIpc) is 2.66. The highest BCUT2D eigenvalue weighted by Crippen LogP contribution is 2.33. The number of piperazine rings is 1. The zero-order valence-electron chi connectivity index (χ0n) is 15.8. The van der Waals surface area contributed by atoms with Crippen LogP contribution in [0.25, 0.3) is 0 Å². The number of aryl methyl sites for hydroxylation is 1. The van der Waals surface area contributed by atoms with Gasteiger partial charge in [-0.05, 0) is 30.2 Å². The first-order valence-electron chi connectivity index (χ1n) is 9.63. The summed E-state index contributed by atoms with van der Waals surface area (Å²) in [4.78, 5) is 4.92. The molecule has 0 bridgehead atoms. The summed E-state index contributed by atoms with van der Waals surface area (Å²) in [5, 5.41) is 19.9. The van der Waals surface area contributed by atoms with Gasteiger partial charge in [-0.2, -0.15) is 0 Å². The van der Waals surface area contributed by atoms with Gasteiger partial charge in [-0.3, -0.25) is 4.90 Å². The van der Waals surface area contributed by atoms with Crippen molar-refractivity contribution >= 4 is 0 Å². The van der Waals surface area contributed by atoms with E-state index in [-0.39, 0.29) is 12.5 Å². The van der Waals surface area contributed by atoms with Crippen LogP contribution >= 0.6 is 0 Å². The molecule has 2 aliphatic rings. The van der Waals surface area contributed by atoms with E-state index in [0.29, 0.717) is 0 Å². The summed E-state index contributed by atoms with van der Waals surface area (Å²) in [5.74, 6) is 0. The minimum absolute atomic E-state index is 0.287. The Hall–Kier alpha value is -1.05. The van der Waals surface area contributed by atoms with Gasteiger partial charge >= 0.3 is 0 Å². The number of halogens is 1. The first-order chi connectivity index (χ1) is 12.5. The molecule has 146 valence electrons. The lowest BCUT2D eigenvalue weighted by Crippen LogP contribution is -2.46. The predicted molar refractivity (Wildman–Crippen MR) is 98.8 cm³/mol. The molecule has 2 fully saturated rings. The second-order valence-corrected chi connectivity index (χ2v) is 7.51. The lowest BCUT2D eigenvalue weighted by atomic mass is 9.92. The second kappa shape index (κ2) is 8.76. The van der Waals surface area contributed by atoms with E-state index in [1.807, 2.05) is 6.07 Å². The van der Waals surface area contributed by atoms with Gasteiger partial charge < -0.3 is 19.8 Å². The van der Waals surface area contributed by atoms with Gasteiger partial charge in [0.15, 0.2) is 0 Å². The van der Waals surface area contributed by atoms with Crippen LogP contribution in [-0.4, -0.2) is 77.7 Å². The van der Waals surface area contributed by atoms with Crippen LogP contribution in [0.5, 0.6) is 0 Å². The molecule has 0 aromatic heterocycles. The quantitative estimate of drug-likeness (QED) is 0.830. The van der Waals surface area contributed by atoms with Gasteiger partial charge in [0.1, 0.15) is 18.9 Å². The topological polar surface area (TPSA) is 56.2 Å². The van der Waals surface area contributed by atoms with Crippen LogP contribution < -0.4 is 0 Å². The molecule has 2 saturated heterocycles. The summed E-state index contributed by atoms with van der Waals surface area (Å²) >= 11 is 0. The Morgan fingerprint density at radius 1 is 1.15 bits per heavy atom. The predicted octanol–water partition coefficient (Wildman–Crippen LogP) is 1.65. The Morgan fingerprint density at radius 3 is 2.50 bits per heavy atom. The van der Waals surface area contributed by atoms with E-state index in [1.54, 1.807) is 0 Å². The molecular weight excluding hydrogens is 335 g/mol.